The molecule has 0 atom stereocenters. The number of para-hydroxylation sites is 1. The third-order valence-corrected chi connectivity index (χ3v) is 6.17. The zero-order valence-corrected chi connectivity index (χ0v) is 16.4. The average Bonchev–Trinajstić information content (AvgIpc) is 3.02. The van der Waals surface area contributed by atoms with Crippen LogP contribution in [-0.2, 0) is 6.42 Å². The number of unbranched alkanes of at least 4 members (excludes halogenated alkanes) is 6. The van der Waals surface area contributed by atoms with E-state index in [1.807, 2.05) is 17.4 Å². The molecule has 3 rings (SSSR count). The molecule has 0 aliphatic carbocycles. The van der Waals surface area contributed by atoms with Crippen LogP contribution in [-0.4, -0.2) is 13.1 Å². The van der Waals surface area contributed by atoms with Crippen LogP contribution in [0.2, 0.25) is 0 Å². The van der Waals surface area contributed by atoms with Crippen LogP contribution in [0.3, 0.4) is 0 Å². The number of thiazole rings is 1. The maximum absolute atomic E-state index is 3.91. The molecule has 2 heterocycles. The van der Waals surface area contributed by atoms with Crippen molar-refractivity contribution >= 4 is 32.9 Å². The Hall–Kier alpha value is -1.61. The number of rotatable bonds is 10. The fourth-order valence-electron chi connectivity index (χ4n) is 3.66. The summed E-state index contributed by atoms with van der Waals surface area (Å²) in [6, 6.07) is 6.81. The van der Waals surface area contributed by atoms with E-state index in [4.69, 9.17) is 0 Å². The zero-order valence-electron chi connectivity index (χ0n) is 15.5. The smallest absolute Gasteiger partial charge is 0.245 e. The van der Waals surface area contributed by atoms with E-state index in [2.05, 4.69) is 53.4 Å². The molecule has 3 heteroatoms. The van der Waals surface area contributed by atoms with Crippen molar-refractivity contribution in [3.05, 3.63) is 42.5 Å². The highest BCUT2D eigenvalue weighted by Crippen LogP contribution is 2.31. The second kappa shape index (κ2) is 9.19. The van der Waals surface area contributed by atoms with Gasteiger partial charge in [0.2, 0.25) is 0 Å². The first-order valence-electron chi connectivity index (χ1n) is 9.83. The van der Waals surface area contributed by atoms with Crippen molar-refractivity contribution in [2.45, 2.75) is 58.3 Å². The Morgan fingerprint density at radius 1 is 1.16 bits per heavy atom. The first kappa shape index (κ1) is 18.2. The van der Waals surface area contributed by atoms with Crippen molar-refractivity contribution in [1.82, 2.24) is 0 Å². The number of aromatic nitrogens is 1. The largest absolute Gasteiger partial charge is 0.342 e. The monoisotopic (exact) mass is 355 g/mol. The topological polar surface area (TPSA) is 7.12 Å². The number of hydrogen-bond acceptors (Lipinski definition) is 2. The van der Waals surface area contributed by atoms with Gasteiger partial charge in [-0.05, 0) is 36.3 Å². The minimum Gasteiger partial charge on any atom is -0.245 e. The minimum absolute atomic E-state index is 0.907. The van der Waals surface area contributed by atoms with Crippen molar-refractivity contribution in [1.29, 1.82) is 0 Å². The van der Waals surface area contributed by atoms with Gasteiger partial charge in [-0.3, -0.25) is 0 Å². The van der Waals surface area contributed by atoms with E-state index >= 15 is 0 Å². The summed E-state index contributed by atoms with van der Waals surface area (Å²) >= 11 is 1.90. The fourth-order valence-corrected chi connectivity index (χ4v) is 4.86. The van der Waals surface area contributed by atoms with Gasteiger partial charge in [-0.2, -0.15) is 4.57 Å². The van der Waals surface area contributed by atoms with Crippen LogP contribution in [0, 0.1) is 0 Å². The van der Waals surface area contributed by atoms with Crippen LogP contribution in [0.25, 0.3) is 16.4 Å². The summed E-state index contributed by atoms with van der Waals surface area (Å²) in [6.07, 6.45) is 17.3. The molecule has 0 fully saturated rings. The molecule has 1 aliphatic heterocycles. The molecule has 2 aromatic rings. The van der Waals surface area contributed by atoms with E-state index < -0.39 is 0 Å². The molecule has 2 nitrogen and oxygen atoms in total. The molecule has 1 aromatic heterocycles. The van der Waals surface area contributed by atoms with Gasteiger partial charge in [-0.1, -0.05) is 70.2 Å². The predicted octanol–water partition coefficient (Wildman–Crippen LogP) is 5.96. The van der Waals surface area contributed by atoms with Crippen LogP contribution in [0.4, 0.5) is 5.13 Å². The molecule has 0 saturated carbocycles. The first-order chi connectivity index (χ1) is 12.3. The second-order valence-corrected chi connectivity index (χ2v) is 7.98. The van der Waals surface area contributed by atoms with Crippen molar-refractivity contribution in [2.75, 3.05) is 18.0 Å². The number of fused-ring (bicyclic) bond motifs is 3. The van der Waals surface area contributed by atoms with E-state index in [0.717, 1.165) is 13.1 Å². The molecule has 0 amide bonds. The lowest BCUT2D eigenvalue weighted by Crippen LogP contribution is -2.40. The third kappa shape index (κ3) is 4.33. The van der Waals surface area contributed by atoms with Gasteiger partial charge in [0.15, 0.2) is 5.52 Å². The van der Waals surface area contributed by atoms with Crippen molar-refractivity contribution < 1.29 is 4.57 Å². The molecule has 0 radical (unpaired) electrons. The lowest BCUT2D eigenvalue weighted by molar-refractivity contribution is -0.522. The Morgan fingerprint density at radius 3 is 2.76 bits per heavy atom. The van der Waals surface area contributed by atoms with Crippen LogP contribution >= 0.6 is 11.3 Å². The Bertz CT molecular complexity index is 729. The summed E-state index contributed by atoms with van der Waals surface area (Å²) in [4.78, 5) is 2.40. The highest BCUT2D eigenvalue weighted by Gasteiger charge is 2.26. The van der Waals surface area contributed by atoms with Crippen LogP contribution in [0.1, 0.15) is 57.4 Å². The fraction of sp³-hybridized carbons (Fsp3) is 0.500. The average molecular weight is 356 g/mol. The first-order valence-corrected chi connectivity index (χ1v) is 10.6. The lowest BCUT2D eigenvalue weighted by atomic mass is 10.0. The summed E-state index contributed by atoms with van der Waals surface area (Å²) in [5, 5.41) is 1.34. The quantitative estimate of drug-likeness (QED) is 0.290. The van der Waals surface area contributed by atoms with Crippen LogP contribution < -0.4 is 9.47 Å². The van der Waals surface area contributed by atoms with Gasteiger partial charge in [0.1, 0.15) is 13.1 Å². The summed E-state index contributed by atoms with van der Waals surface area (Å²) in [7, 11) is 0. The number of anilines is 1. The maximum atomic E-state index is 3.91. The Kier molecular flexibility index (Phi) is 6.69. The molecule has 25 heavy (non-hydrogen) atoms. The minimum atomic E-state index is 0.907. The number of aryl methyl sites for hydroxylation is 1. The van der Waals surface area contributed by atoms with Gasteiger partial charge in [-0.25, -0.2) is 4.90 Å². The summed E-state index contributed by atoms with van der Waals surface area (Å²) < 4.78 is 3.79. The highest BCUT2D eigenvalue weighted by atomic mass is 32.1. The standard InChI is InChI=1S/C22H31N2S/c1-3-5-6-7-8-9-10-13-19-14-11-15-20-21(19)24-18-12-17-23(16-4-2)22(24)25-20/h4,11-12,14-15,18H,2-3,5-10,13,16-17H2,1H3/q+1. The summed E-state index contributed by atoms with van der Waals surface area (Å²) in [5.41, 5.74) is 2.91. The zero-order chi connectivity index (χ0) is 17.5. The van der Waals surface area contributed by atoms with Crippen molar-refractivity contribution in [2.24, 2.45) is 0 Å². The van der Waals surface area contributed by atoms with Gasteiger partial charge in [0, 0.05) is 5.56 Å². The van der Waals surface area contributed by atoms with Gasteiger partial charge in [0.25, 0.3) is 0 Å². The third-order valence-electron chi connectivity index (χ3n) is 4.98. The number of benzene rings is 1. The van der Waals surface area contributed by atoms with Gasteiger partial charge in [-0.15, -0.1) is 0 Å². The lowest BCUT2D eigenvalue weighted by Gasteiger charge is -2.15. The number of nitrogens with zero attached hydrogens (tertiary/aromatic N) is 2. The molecule has 1 aliphatic rings. The van der Waals surface area contributed by atoms with Gasteiger partial charge >= 0.3 is 5.13 Å². The van der Waals surface area contributed by atoms with Gasteiger partial charge in [0.05, 0.1) is 10.9 Å². The van der Waals surface area contributed by atoms with Crippen LogP contribution in [0.5, 0.6) is 0 Å². The van der Waals surface area contributed by atoms with E-state index in [0.29, 0.717) is 0 Å². The van der Waals surface area contributed by atoms with Crippen LogP contribution in [0.15, 0.2) is 36.9 Å². The molecule has 0 unspecified atom stereocenters. The van der Waals surface area contributed by atoms with E-state index in [1.165, 1.54) is 72.3 Å². The molecule has 0 saturated heterocycles. The molecule has 0 bridgehead atoms. The summed E-state index contributed by atoms with van der Waals surface area (Å²) in [6.45, 7) is 8.07. The SMILES string of the molecule is C=CCN1CC=C[n+]2c1sc1cccc(CCCCCCCCC)c12. The van der Waals surface area contributed by atoms with E-state index in [9.17, 15) is 0 Å². The van der Waals surface area contributed by atoms with Crippen molar-refractivity contribution in [3.8, 4) is 0 Å². The molecular formula is C22H31N2S+. The van der Waals surface area contributed by atoms with E-state index in [1.54, 1.807) is 0 Å². The molecular weight excluding hydrogens is 324 g/mol. The maximum Gasteiger partial charge on any atom is 0.342 e. The molecule has 134 valence electrons. The van der Waals surface area contributed by atoms with Gasteiger partial charge < -0.3 is 0 Å². The highest BCUT2D eigenvalue weighted by molar-refractivity contribution is 7.21. The normalized spacial score (nSPS) is 13.4. The Morgan fingerprint density at radius 2 is 1.96 bits per heavy atom. The molecule has 0 N–H and O–H groups in total. The summed E-state index contributed by atoms with van der Waals surface area (Å²) in [5.74, 6) is 0. The Labute approximate surface area is 156 Å². The Balaban J connectivity index is 1.70. The molecule has 1 aromatic carbocycles. The van der Waals surface area contributed by atoms with E-state index in [-0.39, 0.29) is 0 Å². The predicted molar refractivity (Wildman–Crippen MR) is 111 cm³/mol. The van der Waals surface area contributed by atoms with Crippen molar-refractivity contribution in [3.63, 3.8) is 0 Å². The number of hydrogen-bond donors (Lipinski definition) is 0. The molecule has 0 spiro atoms. The second-order valence-electron chi connectivity index (χ2n) is 6.97.